The highest BCUT2D eigenvalue weighted by atomic mass is 15.3. The van der Waals surface area contributed by atoms with Crippen molar-refractivity contribution in [3.63, 3.8) is 0 Å². The first-order chi connectivity index (χ1) is 14.7. The van der Waals surface area contributed by atoms with E-state index >= 15 is 0 Å². The van der Waals surface area contributed by atoms with Gasteiger partial charge in [-0.2, -0.15) is 0 Å². The van der Waals surface area contributed by atoms with Gasteiger partial charge in [-0.1, -0.05) is 37.3 Å². The van der Waals surface area contributed by atoms with E-state index in [-0.39, 0.29) is 0 Å². The van der Waals surface area contributed by atoms with Crippen molar-refractivity contribution in [1.29, 1.82) is 0 Å². The summed E-state index contributed by atoms with van der Waals surface area (Å²) in [5, 5.41) is 3.55. The molecule has 3 heterocycles. The Balaban J connectivity index is 1.33. The van der Waals surface area contributed by atoms with Crippen molar-refractivity contribution < 1.29 is 0 Å². The number of nitrogens with one attached hydrogen (secondary N) is 1. The monoisotopic (exact) mass is 405 g/mol. The first-order valence-corrected chi connectivity index (χ1v) is 10.7. The first-order valence-electron chi connectivity index (χ1n) is 10.7. The molecule has 7 nitrogen and oxygen atoms in total. The highest BCUT2D eigenvalue weighted by Gasteiger charge is 2.28. The zero-order chi connectivity index (χ0) is 20.8. The predicted octanol–water partition coefficient (Wildman–Crippen LogP) is 2.83. The summed E-state index contributed by atoms with van der Waals surface area (Å²) in [6.07, 6.45) is 11.8. The van der Waals surface area contributed by atoms with Crippen molar-refractivity contribution >= 4 is 5.96 Å². The molecule has 158 valence electrons. The number of benzene rings is 1. The largest absolute Gasteiger partial charge is 0.356 e. The standard InChI is InChI=1S/C23H31N7/c1-19-9-13-29(17-21(19)30-14-11-25-18-30)23(24-2)27-10-8-22-26-12-15-28(22)16-20-6-4-3-5-7-20/h3-7,11-12,14-15,18-19,21H,8-10,13,16-17H2,1-2H3,(H,24,27). The SMILES string of the molecule is CN=C(NCCc1nccn1Cc1ccccc1)N1CCC(C)C(n2ccnc2)C1. The number of guanidine groups is 1. The molecule has 0 spiro atoms. The van der Waals surface area contributed by atoms with Gasteiger partial charge in [0.05, 0.1) is 12.4 Å². The molecule has 2 aromatic heterocycles. The fourth-order valence-corrected chi connectivity index (χ4v) is 4.21. The van der Waals surface area contributed by atoms with Crippen LogP contribution in [0.25, 0.3) is 0 Å². The van der Waals surface area contributed by atoms with Crippen LogP contribution in [0.5, 0.6) is 0 Å². The Morgan fingerprint density at radius 3 is 2.83 bits per heavy atom. The van der Waals surface area contributed by atoms with E-state index in [2.05, 4.69) is 77.9 Å². The second-order valence-corrected chi connectivity index (χ2v) is 7.97. The Bertz CT molecular complexity index is 930. The van der Waals surface area contributed by atoms with Gasteiger partial charge in [-0.25, -0.2) is 9.97 Å². The Hall–Kier alpha value is -3.09. The third-order valence-electron chi connectivity index (χ3n) is 5.97. The van der Waals surface area contributed by atoms with Crippen LogP contribution in [0.1, 0.15) is 30.8 Å². The Morgan fingerprint density at radius 1 is 1.20 bits per heavy atom. The number of aromatic nitrogens is 4. The van der Waals surface area contributed by atoms with Gasteiger partial charge in [-0.3, -0.25) is 4.99 Å². The van der Waals surface area contributed by atoms with Crippen molar-refractivity contribution in [2.75, 3.05) is 26.7 Å². The summed E-state index contributed by atoms with van der Waals surface area (Å²) in [6.45, 7) is 5.95. The maximum absolute atomic E-state index is 4.56. The maximum Gasteiger partial charge on any atom is 0.193 e. The van der Waals surface area contributed by atoms with Crippen molar-refractivity contribution in [2.24, 2.45) is 10.9 Å². The normalized spacial score (nSPS) is 19.8. The van der Waals surface area contributed by atoms with Crippen molar-refractivity contribution in [2.45, 2.75) is 32.4 Å². The van der Waals surface area contributed by atoms with Crippen LogP contribution in [-0.4, -0.2) is 56.6 Å². The van der Waals surface area contributed by atoms with Gasteiger partial charge in [0.2, 0.25) is 0 Å². The fourth-order valence-electron chi connectivity index (χ4n) is 4.21. The summed E-state index contributed by atoms with van der Waals surface area (Å²) < 4.78 is 4.45. The van der Waals surface area contributed by atoms with Crippen LogP contribution in [0.2, 0.25) is 0 Å². The average molecular weight is 406 g/mol. The lowest BCUT2D eigenvalue weighted by molar-refractivity contribution is 0.189. The number of likely N-dealkylation sites (tertiary alicyclic amines) is 1. The summed E-state index contributed by atoms with van der Waals surface area (Å²) in [4.78, 5) is 15.7. The predicted molar refractivity (Wildman–Crippen MR) is 119 cm³/mol. The number of rotatable bonds is 6. The molecule has 4 rings (SSSR count). The minimum atomic E-state index is 0.421. The second kappa shape index (κ2) is 9.61. The van der Waals surface area contributed by atoms with Gasteiger partial charge < -0.3 is 19.4 Å². The lowest BCUT2D eigenvalue weighted by Gasteiger charge is -2.39. The van der Waals surface area contributed by atoms with Gasteiger partial charge in [0.1, 0.15) is 5.82 Å². The van der Waals surface area contributed by atoms with Crippen LogP contribution in [0.3, 0.4) is 0 Å². The van der Waals surface area contributed by atoms with Crippen molar-refractivity contribution in [1.82, 2.24) is 29.3 Å². The number of aliphatic imine (C=N–C) groups is 1. The molecule has 0 amide bonds. The quantitative estimate of drug-likeness (QED) is 0.506. The molecule has 1 N–H and O–H groups in total. The lowest BCUT2D eigenvalue weighted by atomic mass is 9.93. The van der Waals surface area contributed by atoms with E-state index in [4.69, 9.17) is 0 Å². The lowest BCUT2D eigenvalue weighted by Crippen LogP contribution is -2.49. The van der Waals surface area contributed by atoms with Gasteiger partial charge in [-0.05, 0) is 17.9 Å². The molecule has 1 saturated heterocycles. The second-order valence-electron chi connectivity index (χ2n) is 7.97. The van der Waals surface area contributed by atoms with Gasteiger partial charge in [0, 0.05) is 64.4 Å². The third-order valence-corrected chi connectivity index (χ3v) is 5.97. The fraction of sp³-hybridized carbons (Fsp3) is 0.435. The molecule has 30 heavy (non-hydrogen) atoms. The first kappa shape index (κ1) is 20.2. The minimum Gasteiger partial charge on any atom is -0.356 e. The topological polar surface area (TPSA) is 63.3 Å². The summed E-state index contributed by atoms with van der Waals surface area (Å²) >= 11 is 0. The smallest absolute Gasteiger partial charge is 0.193 e. The molecule has 1 aromatic carbocycles. The van der Waals surface area contributed by atoms with Gasteiger partial charge in [0.25, 0.3) is 0 Å². The van der Waals surface area contributed by atoms with Crippen molar-refractivity contribution in [3.05, 3.63) is 72.8 Å². The summed E-state index contributed by atoms with van der Waals surface area (Å²) in [5.74, 6) is 2.68. The molecular formula is C23H31N7. The van der Waals surface area contributed by atoms with Crippen LogP contribution < -0.4 is 5.32 Å². The molecule has 0 aliphatic carbocycles. The number of hydrogen-bond donors (Lipinski definition) is 1. The van der Waals surface area contributed by atoms with E-state index in [0.29, 0.717) is 12.0 Å². The Morgan fingerprint density at radius 2 is 2.07 bits per heavy atom. The zero-order valence-corrected chi connectivity index (χ0v) is 17.9. The van der Waals surface area contributed by atoms with Gasteiger partial charge >= 0.3 is 0 Å². The van der Waals surface area contributed by atoms with Crippen LogP contribution in [0.4, 0.5) is 0 Å². The molecule has 1 aliphatic heterocycles. The summed E-state index contributed by atoms with van der Waals surface area (Å²) in [7, 11) is 1.86. The number of piperidine rings is 1. The van der Waals surface area contributed by atoms with E-state index in [1.54, 1.807) is 0 Å². The molecule has 2 unspecified atom stereocenters. The molecule has 0 radical (unpaired) electrons. The van der Waals surface area contributed by atoms with Gasteiger partial charge in [0.15, 0.2) is 5.96 Å². The molecule has 1 fully saturated rings. The molecule has 7 heteroatoms. The zero-order valence-electron chi connectivity index (χ0n) is 17.9. The summed E-state index contributed by atoms with van der Waals surface area (Å²) in [5.41, 5.74) is 1.29. The Labute approximate surface area is 178 Å². The highest BCUT2D eigenvalue weighted by molar-refractivity contribution is 5.80. The van der Waals surface area contributed by atoms with E-state index in [0.717, 1.165) is 50.8 Å². The molecule has 2 atom stereocenters. The number of imidazole rings is 2. The molecule has 0 saturated carbocycles. The van der Waals surface area contributed by atoms with E-state index in [1.807, 2.05) is 31.8 Å². The van der Waals surface area contributed by atoms with E-state index in [1.165, 1.54) is 5.56 Å². The molecular weight excluding hydrogens is 374 g/mol. The number of nitrogens with zero attached hydrogens (tertiary/aromatic N) is 6. The molecule has 0 bridgehead atoms. The van der Waals surface area contributed by atoms with E-state index in [9.17, 15) is 0 Å². The minimum absolute atomic E-state index is 0.421. The van der Waals surface area contributed by atoms with Crippen molar-refractivity contribution in [3.8, 4) is 0 Å². The van der Waals surface area contributed by atoms with Crippen LogP contribution in [0, 0.1) is 5.92 Å². The maximum atomic E-state index is 4.56. The van der Waals surface area contributed by atoms with Crippen LogP contribution in [-0.2, 0) is 13.0 Å². The van der Waals surface area contributed by atoms with Crippen LogP contribution >= 0.6 is 0 Å². The number of hydrogen-bond acceptors (Lipinski definition) is 3. The van der Waals surface area contributed by atoms with E-state index < -0.39 is 0 Å². The molecule has 3 aromatic rings. The Kier molecular flexibility index (Phi) is 6.47. The summed E-state index contributed by atoms with van der Waals surface area (Å²) in [6, 6.07) is 10.9. The average Bonchev–Trinajstić information content (AvgIpc) is 3.45. The van der Waals surface area contributed by atoms with Crippen LogP contribution in [0.15, 0.2) is 66.4 Å². The highest BCUT2D eigenvalue weighted by Crippen LogP contribution is 2.27. The van der Waals surface area contributed by atoms with Gasteiger partial charge in [-0.15, -0.1) is 0 Å². The molecule has 1 aliphatic rings. The third kappa shape index (κ3) is 4.72.